The molecule has 0 radical (unpaired) electrons. The normalized spacial score (nSPS) is 12.8. The first-order valence-corrected chi connectivity index (χ1v) is 9.62. The molecule has 132 valence electrons. The largest absolute Gasteiger partial charge is 0.340 e. The van der Waals surface area contributed by atoms with Gasteiger partial charge in [-0.05, 0) is 55.5 Å². The van der Waals surface area contributed by atoms with E-state index in [1.54, 1.807) is 0 Å². The van der Waals surface area contributed by atoms with Crippen LogP contribution in [0.25, 0.3) is 11.4 Å². The molecule has 1 heterocycles. The summed E-state index contributed by atoms with van der Waals surface area (Å²) in [5.74, 6) is 1.66. The molecule has 0 saturated carbocycles. The molecule has 0 spiro atoms. The minimum Gasteiger partial charge on any atom is -0.340 e. The van der Waals surface area contributed by atoms with Gasteiger partial charge in [0.2, 0.25) is 0 Å². The number of anilines is 2. The van der Waals surface area contributed by atoms with E-state index >= 15 is 0 Å². The SMILES string of the molecule is CCCc1ccc(Nc2nc(-c3cccc(Cl)c3)nc3c2CCC3)cc1. The molecule has 0 aliphatic heterocycles. The van der Waals surface area contributed by atoms with Crippen LogP contribution in [0, 0.1) is 0 Å². The highest BCUT2D eigenvalue weighted by Crippen LogP contribution is 2.31. The summed E-state index contributed by atoms with van der Waals surface area (Å²) in [6.45, 7) is 2.20. The third-order valence-corrected chi connectivity index (χ3v) is 5.01. The Balaban J connectivity index is 1.69. The third-order valence-electron chi connectivity index (χ3n) is 4.77. The van der Waals surface area contributed by atoms with E-state index in [0.29, 0.717) is 5.02 Å². The van der Waals surface area contributed by atoms with Crippen molar-refractivity contribution in [2.45, 2.75) is 39.0 Å². The molecule has 0 unspecified atom stereocenters. The summed E-state index contributed by atoms with van der Waals surface area (Å²) in [5.41, 5.74) is 5.78. The van der Waals surface area contributed by atoms with E-state index in [9.17, 15) is 0 Å². The molecule has 2 aromatic carbocycles. The fourth-order valence-electron chi connectivity index (χ4n) is 3.47. The van der Waals surface area contributed by atoms with Gasteiger partial charge in [0, 0.05) is 27.5 Å². The molecule has 26 heavy (non-hydrogen) atoms. The third kappa shape index (κ3) is 3.58. The van der Waals surface area contributed by atoms with Gasteiger partial charge in [0.1, 0.15) is 5.82 Å². The van der Waals surface area contributed by atoms with Gasteiger partial charge in [0.05, 0.1) is 0 Å². The molecule has 0 saturated heterocycles. The molecule has 0 fully saturated rings. The lowest BCUT2D eigenvalue weighted by Crippen LogP contribution is -2.04. The van der Waals surface area contributed by atoms with Crippen LogP contribution in [0.5, 0.6) is 0 Å². The molecule has 3 nitrogen and oxygen atoms in total. The smallest absolute Gasteiger partial charge is 0.161 e. The fraction of sp³-hybridized carbons (Fsp3) is 0.273. The van der Waals surface area contributed by atoms with Gasteiger partial charge in [-0.1, -0.05) is 49.2 Å². The Hall–Kier alpha value is -2.39. The molecule has 0 amide bonds. The molecule has 4 rings (SSSR count). The van der Waals surface area contributed by atoms with Crippen molar-refractivity contribution in [2.75, 3.05) is 5.32 Å². The van der Waals surface area contributed by atoms with Crippen molar-refractivity contribution >= 4 is 23.1 Å². The summed E-state index contributed by atoms with van der Waals surface area (Å²) in [6, 6.07) is 16.4. The van der Waals surface area contributed by atoms with Gasteiger partial charge < -0.3 is 5.32 Å². The van der Waals surface area contributed by atoms with Crippen LogP contribution in [-0.4, -0.2) is 9.97 Å². The number of nitrogens with one attached hydrogen (secondary N) is 1. The first kappa shape index (κ1) is 17.0. The molecule has 0 atom stereocenters. The van der Waals surface area contributed by atoms with Gasteiger partial charge in [-0.3, -0.25) is 0 Å². The molecule has 4 heteroatoms. The van der Waals surface area contributed by atoms with E-state index in [2.05, 4.69) is 36.5 Å². The summed E-state index contributed by atoms with van der Waals surface area (Å²) in [5, 5.41) is 4.22. The lowest BCUT2D eigenvalue weighted by Gasteiger charge is -2.13. The van der Waals surface area contributed by atoms with Crippen LogP contribution in [-0.2, 0) is 19.3 Å². The quantitative estimate of drug-likeness (QED) is 0.605. The zero-order chi connectivity index (χ0) is 17.9. The highest BCUT2D eigenvalue weighted by atomic mass is 35.5. The van der Waals surface area contributed by atoms with Gasteiger partial charge in [0.25, 0.3) is 0 Å². The van der Waals surface area contributed by atoms with Gasteiger partial charge in [0.15, 0.2) is 5.82 Å². The maximum absolute atomic E-state index is 6.15. The van der Waals surface area contributed by atoms with Crippen molar-refractivity contribution in [3.05, 3.63) is 70.4 Å². The Morgan fingerprint density at radius 3 is 2.65 bits per heavy atom. The van der Waals surface area contributed by atoms with Crippen molar-refractivity contribution < 1.29 is 0 Å². The molecule has 0 bridgehead atoms. The van der Waals surface area contributed by atoms with Gasteiger partial charge in [-0.25, -0.2) is 9.97 Å². The Kier molecular flexibility index (Phi) is 4.89. The maximum atomic E-state index is 6.15. The van der Waals surface area contributed by atoms with Gasteiger partial charge in [-0.2, -0.15) is 0 Å². The second-order valence-electron chi connectivity index (χ2n) is 6.76. The number of hydrogen-bond donors (Lipinski definition) is 1. The van der Waals surface area contributed by atoms with Crippen molar-refractivity contribution in [3.8, 4) is 11.4 Å². The first-order chi connectivity index (χ1) is 12.7. The van der Waals surface area contributed by atoms with Crippen LogP contribution in [0.1, 0.15) is 36.6 Å². The van der Waals surface area contributed by atoms with Crippen LogP contribution >= 0.6 is 11.6 Å². The van der Waals surface area contributed by atoms with Crippen LogP contribution < -0.4 is 5.32 Å². The number of hydrogen-bond acceptors (Lipinski definition) is 3. The Morgan fingerprint density at radius 1 is 1.04 bits per heavy atom. The number of benzene rings is 2. The summed E-state index contributed by atoms with van der Waals surface area (Å²) in [7, 11) is 0. The Labute approximate surface area is 159 Å². The second kappa shape index (κ2) is 7.46. The van der Waals surface area contributed by atoms with E-state index < -0.39 is 0 Å². The van der Waals surface area contributed by atoms with Gasteiger partial charge in [-0.15, -0.1) is 0 Å². The number of rotatable bonds is 5. The van der Waals surface area contributed by atoms with Crippen molar-refractivity contribution in [1.82, 2.24) is 9.97 Å². The number of aromatic nitrogens is 2. The highest BCUT2D eigenvalue weighted by molar-refractivity contribution is 6.30. The summed E-state index contributed by atoms with van der Waals surface area (Å²) in [6.07, 6.45) is 5.45. The predicted octanol–water partition coefficient (Wildman–Crippen LogP) is 5.98. The Bertz CT molecular complexity index is 919. The molecule has 1 aliphatic rings. The Morgan fingerprint density at radius 2 is 1.88 bits per heavy atom. The predicted molar refractivity (Wildman–Crippen MR) is 108 cm³/mol. The summed E-state index contributed by atoms with van der Waals surface area (Å²) >= 11 is 6.15. The molecule has 1 N–H and O–H groups in total. The number of nitrogens with zero attached hydrogens (tertiary/aromatic N) is 2. The van der Waals surface area contributed by atoms with E-state index in [4.69, 9.17) is 21.6 Å². The summed E-state index contributed by atoms with van der Waals surface area (Å²) < 4.78 is 0. The number of halogens is 1. The van der Waals surface area contributed by atoms with Crippen LogP contribution in [0.4, 0.5) is 11.5 Å². The van der Waals surface area contributed by atoms with Crippen LogP contribution in [0.3, 0.4) is 0 Å². The van der Waals surface area contributed by atoms with Crippen molar-refractivity contribution in [3.63, 3.8) is 0 Å². The molecule has 3 aromatic rings. The standard InChI is InChI=1S/C22H22ClN3/c1-2-5-15-10-12-18(13-11-15)24-22-19-8-4-9-20(19)25-21(26-22)16-6-3-7-17(23)14-16/h3,6-7,10-14H,2,4-5,8-9H2,1H3,(H,24,25,26). The first-order valence-electron chi connectivity index (χ1n) is 9.24. The average molecular weight is 364 g/mol. The lowest BCUT2D eigenvalue weighted by atomic mass is 10.1. The van der Waals surface area contributed by atoms with E-state index in [0.717, 1.165) is 60.7 Å². The maximum Gasteiger partial charge on any atom is 0.161 e. The minimum atomic E-state index is 0.702. The molecular formula is C22H22ClN3. The topological polar surface area (TPSA) is 37.8 Å². The average Bonchev–Trinajstić information content (AvgIpc) is 3.12. The van der Waals surface area contributed by atoms with Crippen molar-refractivity contribution in [2.24, 2.45) is 0 Å². The molecule has 1 aromatic heterocycles. The highest BCUT2D eigenvalue weighted by Gasteiger charge is 2.20. The second-order valence-corrected chi connectivity index (χ2v) is 7.19. The van der Waals surface area contributed by atoms with E-state index in [-0.39, 0.29) is 0 Å². The lowest BCUT2D eigenvalue weighted by molar-refractivity contribution is 0.900. The number of fused-ring (bicyclic) bond motifs is 1. The van der Waals surface area contributed by atoms with Crippen LogP contribution in [0.15, 0.2) is 48.5 Å². The molecular weight excluding hydrogens is 342 g/mol. The van der Waals surface area contributed by atoms with Crippen LogP contribution in [0.2, 0.25) is 5.02 Å². The van der Waals surface area contributed by atoms with E-state index in [1.807, 2.05) is 24.3 Å². The van der Waals surface area contributed by atoms with E-state index in [1.165, 1.54) is 11.1 Å². The summed E-state index contributed by atoms with van der Waals surface area (Å²) in [4.78, 5) is 9.62. The number of aryl methyl sites for hydroxylation is 2. The zero-order valence-electron chi connectivity index (χ0n) is 14.9. The molecule has 1 aliphatic carbocycles. The minimum absolute atomic E-state index is 0.702. The van der Waals surface area contributed by atoms with Crippen molar-refractivity contribution in [1.29, 1.82) is 0 Å². The zero-order valence-corrected chi connectivity index (χ0v) is 15.7. The fourth-order valence-corrected chi connectivity index (χ4v) is 3.66. The van der Waals surface area contributed by atoms with Gasteiger partial charge >= 0.3 is 0 Å². The monoisotopic (exact) mass is 363 g/mol.